The number of hydrogen-bond acceptors (Lipinski definition) is 5. The second-order valence-corrected chi connectivity index (χ2v) is 4.31. The molecule has 0 aliphatic carbocycles. The number of nitrogens with two attached hydrogens (primary N) is 2. The van der Waals surface area contributed by atoms with Crippen molar-refractivity contribution in [2.75, 3.05) is 19.9 Å². The molecular weight excluding hydrogens is 199 g/mol. The maximum atomic E-state index is 11.2. The fourth-order valence-electron chi connectivity index (χ4n) is 0.399. The van der Waals surface area contributed by atoms with Gasteiger partial charge in [0.15, 0.2) is 0 Å². The first kappa shape index (κ1) is 12.1. The maximum Gasteiger partial charge on any atom is 0.328 e. The van der Waals surface area contributed by atoms with E-state index in [4.69, 9.17) is 11.5 Å². The molecule has 0 unspecified atom stereocenters. The van der Waals surface area contributed by atoms with Crippen molar-refractivity contribution < 1.29 is 23.2 Å². The van der Waals surface area contributed by atoms with Gasteiger partial charge in [0.1, 0.15) is 13.2 Å². The van der Waals surface area contributed by atoms with Gasteiger partial charge in [0.25, 0.3) is 0 Å². The first-order valence-electron chi connectivity index (χ1n) is 3.26. The van der Waals surface area contributed by atoms with Crippen LogP contribution in [0.2, 0.25) is 0 Å². The average Bonchev–Trinajstić information content (AvgIpc) is 1.98. The molecule has 0 aromatic heterocycles. The van der Waals surface area contributed by atoms with Gasteiger partial charge in [-0.3, -0.25) is 23.2 Å². The van der Waals surface area contributed by atoms with Crippen LogP contribution in [0.3, 0.4) is 0 Å². The van der Waals surface area contributed by atoms with Gasteiger partial charge in [-0.25, -0.2) is 0 Å². The third kappa shape index (κ3) is 7.45. The zero-order valence-corrected chi connectivity index (χ0v) is 7.95. The molecule has 0 rings (SSSR count). The molecule has 0 saturated carbocycles. The predicted octanol–water partition coefficient (Wildman–Crippen LogP) is -1.19. The molecule has 4 N–H and O–H groups in total. The number of carbonyl (C=O) groups is 2. The molecule has 0 fully saturated rings. The summed E-state index contributed by atoms with van der Waals surface area (Å²) in [6, 6.07) is 0. The van der Waals surface area contributed by atoms with Crippen molar-refractivity contribution in [3.8, 4) is 0 Å². The Bertz CT molecular complexity index is 231. The molecule has 13 heavy (non-hydrogen) atoms. The molecule has 0 bridgehead atoms. The van der Waals surface area contributed by atoms with Gasteiger partial charge in [0.2, 0.25) is 11.8 Å². The Kier molecular flexibility index (Phi) is 4.61. The van der Waals surface area contributed by atoms with Gasteiger partial charge in [-0.05, 0) is 0 Å². The summed E-state index contributed by atoms with van der Waals surface area (Å²) < 4.78 is 20.1. The fourth-order valence-corrected chi connectivity index (χ4v) is 1.20. The molecule has 0 aliphatic rings. The van der Waals surface area contributed by atoms with Crippen molar-refractivity contribution >= 4 is 19.4 Å². The summed E-state index contributed by atoms with van der Waals surface area (Å²) in [7, 11) is -3.40. The standard InChI is InChI=1S/C5H11N2O5P/c1-13(10,11-2-4(6)8)12-3-5(7)9/h2-3H2,1H3,(H2,6,8)(H2,7,9). The highest BCUT2D eigenvalue weighted by molar-refractivity contribution is 7.53. The van der Waals surface area contributed by atoms with Gasteiger partial charge in [-0.1, -0.05) is 0 Å². The Labute approximate surface area is 74.9 Å². The van der Waals surface area contributed by atoms with Crippen molar-refractivity contribution in [1.82, 2.24) is 0 Å². The van der Waals surface area contributed by atoms with E-state index >= 15 is 0 Å². The molecule has 0 spiro atoms. The van der Waals surface area contributed by atoms with E-state index in [1.54, 1.807) is 0 Å². The summed E-state index contributed by atoms with van der Waals surface area (Å²) in [6.45, 7) is 0.0674. The lowest BCUT2D eigenvalue weighted by Gasteiger charge is -2.11. The molecule has 0 aromatic carbocycles. The Morgan fingerprint density at radius 1 is 1.15 bits per heavy atom. The summed E-state index contributed by atoms with van der Waals surface area (Å²) in [5.41, 5.74) is 9.45. The smallest absolute Gasteiger partial charge is 0.328 e. The minimum Gasteiger partial charge on any atom is -0.368 e. The lowest BCUT2D eigenvalue weighted by Crippen LogP contribution is -2.20. The first-order valence-corrected chi connectivity index (χ1v) is 5.25. The minimum atomic E-state index is -3.40. The van der Waals surface area contributed by atoms with Crippen LogP contribution in [0.15, 0.2) is 0 Å². The zero-order chi connectivity index (χ0) is 10.5. The van der Waals surface area contributed by atoms with Gasteiger partial charge in [0.05, 0.1) is 0 Å². The number of amides is 2. The number of hydrogen-bond donors (Lipinski definition) is 2. The molecule has 0 saturated heterocycles. The van der Waals surface area contributed by atoms with Crippen LogP contribution in [0.5, 0.6) is 0 Å². The van der Waals surface area contributed by atoms with Crippen LogP contribution < -0.4 is 11.5 Å². The van der Waals surface area contributed by atoms with E-state index in [2.05, 4.69) is 9.05 Å². The highest BCUT2D eigenvalue weighted by Crippen LogP contribution is 2.43. The van der Waals surface area contributed by atoms with E-state index in [-0.39, 0.29) is 0 Å². The van der Waals surface area contributed by atoms with E-state index in [9.17, 15) is 14.2 Å². The molecule has 0 atom stereocenters. The normalized spacial score (nSPS) is 11.2. The molecule has 76 valence electrons. The van der Waals surface area contributed by atoms with Crippen LogP contribution in [0.25, 0.3) is 0 Å². The SMILES string of the molecule is CP(=O)(OCC(N)=O)OCC(N)=O. The molecule has 0 aromatic rings. The average molecular weight is 210 g/mol. The van der Waals surface area contributed by atoms with Gasteiger partial charge in [0, 0.05) is 6.66 Å². The molecular formula is C5H11N2O5P. The van der Waals surface area contributed by atoms with Crippen LogP contribution in [0, 0.1) is 0 Å². The van der Waals surface area contributed by atoms with E-state index in [0.29, 0.717) is 0 Å². The minimum absolute atomic E-state index is 0.521. The number of rotatable bonds is 6. The zero-order valence-electron chi connectivity index (χ0n) is 7.06. The Balaban J connectivity index is 3.87. The van der Waals surface area contributed by atoms with Gasteiger partial charge >= 0.3 is 7.60 Å². The van der Waals surface area contributed by atoms with Crippen molar-refractivity contribution in [3.63, 3.8) is 0 Å². The third-order valence-corrected chi connectivity index (χ3v) is 2.08. The summed E-state index contributed by atoms with van der Waals surface area (Å²) >= 11 is 0. The van der Waals surface area contributed by atoms with Gasteiger partial charge < -0.3 is 11.5 Å². The van der Waals surface area contributed by atoms with Crippen LogP contribution in [0.1, 0.15) is 0 Å². The molecule has 0 aliphatic heterocycles. The van der Waals surface area contributed by atoms with Crippen LogP contribution >= 0.6 is 7.60 Å². The predicted molar refractivity (Wildman–Crippen MR) is 43.8 cm³/mol. The van der Waals surface area contributed by atoms with E-state index < -0.39 is 32.6 Å². The van der Waals surface area contributed by atoms with E-state index in [1.807, 2.05) is 0 Å². The molecule has 8 heteroatoms. The van der Waals surface area contributed by atoms with Crippen molar-refractivity contribution in [1.29, 1.82) is 0 Å². The van der Waals surface area contributed by atoms with Crippen LogP contribution in [-0.4, -0.2) is 31.7 Å². The van der Waals surface area contributed by atoms with E-state index in [0.717, 1.165) is 6.66 Å². The topological polar surface area (TPSA) is 122 Å². The summed E-state index contributed by atoms with van der Waals surface area (Å²) in [4.78, 5) is 20.4. The summed E-state index contributed by atoms with van der Waals surface area (Å²) in [6.07, 6.45) is 0. The Morgan fingerprint density at radius 3 is 1.69 bits per heavy atom. The second kappa shape index (κ2) is 4.96. The summed E-state index contributed by atoms with van der Waals surface area (Å²) in [5, 5.41) is 0. The number of primary amides is 2. The van der Waals surface area contributed by atoms with E-state index in [1.165, 1.54) is 0 Å². The Hall–Kier alpha value is -0.910. The monoisotopic (exact) mass is 210 g/mol. The third-order valence-electron chi connectivity index (χ3n) is 0.883. The summed E-state index contributed by atoms with van der Waals surface area (Å²) in [5.74, 6) is -1.55. The van der Waals surface area contributed by atoms with Crippen molar-refractivity contribution in [3.05, 3.63) is 0 Å². The van der Waals surface area contributed by atoms with Crippen LogP contribution in [-0.2, 0) is 23.2 Å². The first-order chi connectivity index (χ1) is 5.83. The number of carbonyl (C=O) groups excluding carboxylic acids is 2. The van der Waals surface area contributed by atoms with Crippen molar-refractivity contribution in [2.24, 2.45) is 11.5 Å². The molecule has 2 amide bonds. The van der Waals surface area contributed by atoms with Crippen molar-refractivity contribution in [2.45, 2.75) is 0 Å². The second-order valence-electron chi connectivity index (χ2n) is 2.25. The molecule has 7 nitrogen and oxygen atoms in total. The fraction of sp³-hybridized carbons (Fsp3) is 0.600. The highest BCUT2D eigenvalue weighted by atomic mass is 31.2. The molecule has 0 heterocycles. The Morgan fingerprint density at radius 2 is 1.46 bits per heavy atom. The van der Waals surface area contributed by atoms with Gasteiger partial charge in [-0.2, -0.15) is 0 Å². The van der Waals surface area contributed by atoms with Crippen LogP contribution in [0.4, 0.5) is 0 Å². The maximum absolute atomic E-state index is 11.2. The quantitative estimate of drug-likeness (QED) is 0.534. The lowest BCUT2D eigenvalue weighted by molar-refractivity contribution is -0.120. The molecule has 0 radical (unpaired) electrons. The largest absolute Gasteiger partial charge is 0.368 e. The van der Waals surface area contributed by atoms with Gasteiger partial charge in [-0.15, -0.1) is 0 Å². The lowest BCUT2D eigenvalue weighted by atomic mass is 10.7. The highest BCUT2D eigenvalue weighted by Gasteiger charge is 2.18.